The van der Waals surface area contributed by atoms with Crippen molar-refractivity contribution in [2.24, 2.45) is 5.73 Å². The van der Waals surface area contributed by atoms with E-state index >= 15 is 0 Å². The van der Waals surface area contributed by atoms with Crippen molar-refractivity contribution >= 4 is 0 Å². The molecule has 0 bridgehead atoms. The van der Waals surface area contributed by atoms with Crippen molar-refractivity contribution < 1.29 is 4.39 Å². The fourth-order valence-corrected chi connectivity index (χ4v) is 0.965. The van der Waals surface area contributed by atoms with Crippen molar-refractivity contribution in [1.82, 2.24) is 4.90 Å². The Labute approximate surface area is 68.6 Å². The van der Waals surface area contributed by atoms with Crippen molar-refractivity contribution in [3.8, 4) is 0 Å². The van der Waals surface area contributed by atoms with E-state index in [1.54, 1.807) is 0 Å². The molecule has 0 saturated heterocycles. The van der Waals surface area contributed by atoms with Crippen LogP contribution in [0.2, 0.25) is 0 Å². The Morgan fingerprint density at radius 2 is 1.91 bits per heavy atom. The first kappa shape index (κ1) is 10.8. The maximum atomic E-state index is 11.9. The molecule has 0 radical (unpaired) electrons. The van der Waals surface area contributed by atoms with Crippen molar-refractivity contribution in [3.63, 3.8) is 0 Å². The van der Waals surface area contributed by atoms with Crippen molar-refractivity contribution in [3.05, 3.63) is 0 Å². The maximum absolute atomic E-state index is 11.9. The Bertz CT molecular complexity index is 84.2. The molecule has 1 unspecified atom stereocenters. The lowest BCUT2D eigenvalue weighted by Gasteiger charge is -2.19. The molecule has 11 heavy (non-hydrogen) atoms. The first-order chi connectivity index (χ1) is 5.24. The summed E-state index contributed by atoms with van der Waals surface area (Å²) >= 11 is 0. The molecule has 0 heterocycles. The molecule has 2 nitrogen and oxygen atoms in total. The molecule has 0 aliphatic heterocycles. The van der Waals surface area contributed by atoms with Gasteiger partial charge in [-0.25, -0.2) is 4.39 Å². The quantitative estimate of drug-likeness (QED) is 0.631. The number of hydrogen-bond donors (Lipinski definition) is 1. The van der Waals surface area contributed by atoms with Gasteiger partial charge in [0.05, 0.1) is 0 Å². The normalized spacial score (nSPS) is 13.9. The highest BCUT2D eigenvalue weighted by molar-refractivity contribution is 4.62. The average Bonchev–Trinajstić information content (AvgIpc) is 2.06. The molecule has 3 heteroatoms. The van der Waals surface area contributed by atoms with E-state index in [1.807, 2.05) is 0 Å². The number of alkyl halides is 1. The van der Waals surface area contributed by atoms with Crippen molar-refractivity contribution in [1.29, 1.82) is 0 Å². The van der Waals surface area contributed by atoms with E-state index in [0.29, 0.717) is 0 Å². The van der Waals surface area contributed by atoms with Gasteiger partial charge in [0.25, 0.3) is 0 Å². The molecule has 0 saturated carbocycles. The molecular formula is C8H19FN2. The summed E-state index contributed by atoms with van der Waals surface area (Å²) in [7, 11) is 0. The summed E-state index contributed by atoms with van der Waals surface area (Å²) in [6.07, 6.45) is 0.762. The van der Waals surface area contributed by atoms with Crippen LogP contribution in [0.4, 0.5) is 4.39 Å². The van der Waals surface area contributed by atoms with Crippen LogP contribution in [-0.2, 0) is 0 Å². The van der Waals surface area contributed by atoms with Gasteiger partial charge < -0.3 is 10.6 Å². The van der Waals surface area contributed by atoms with Crippen LogP contribution >= 0.6 is 0 Å². The van der Waals surface area contributed by atoms with Gasteiger partial charge in [0, 0.05) is 6.04 Å². The average molecular weight is 162 g/mol. The highest BCUT2D eigenvalue weighted by atomic mass is 19.1. The lowest BCUT2D eigenvalue weighted by atomic mass is 10.2. The highest BCUT2D eigenvalue weighted by Gasteiger charge is 2.03. The van der Waals surface area contributed by atoms with Gasteiger partial charge in [-0.2, -0.15) is 0 Å². The summed E-state index contributed by atoms with van der Waals surface area (Å²) in [5, 5.41) is 0. The van der Waals surface area contributed by atoms with Gasteiger partial charge >= 0.3 is 0 Å². The zero-order valence-electron chi connectivity index (χ0n) is 7.52. The molecule has 0 aromatic carbocycles. The van der Waals surface area contributed by atoms with Crippen LogP contribution in [0.25, 0.3) is 0 Å². The molecule has 0 fully saturated rings. The summed E-state index contributed by atoms with van der Waals surface area (Å²) in [6.45, 7) is 6.76. The SMILES string of the molecule is CCN(CC)CCC(N)CF. The van der Waals surface area contributed by atoms with Gasteiger partial charge in [0.1, 0.15) is 6.67 Å². The molecule has 0 aliphatic carbocycles. The smallest absolute Gasteiger partial charge is 0.105 e. The Morgan fingerprint density at radius 3 is 2.27 bits per heavy atom. The van der Waals surface area contributed by atoms with E-state index in [0.717, 1.165) is 26.1 Å². The predicted molar refractivity (Wildman–Crippen MR) is 46.4 cm³/mol. The fourth-order valence-electron chi connectivity index (χ4n) is 0.965. The first-order valence-corrected chi connectivity index (χ1v) is 4.28. The van der Waals surface area contributed by atoms with Gasteiger partial charge in [0.2, 0.25) is 0 Å². The van der Waals surface area contributed by atoms with E-state index in [1.165, 1.54) is 0 Å². The Hall–Kier alpha value is -0.150. The van der Waals surface area contributed by atoms with Crippen LogP contribution in [0.5, 0.6) is 0 Å². The van der Waals surface area contributed by atoms with Crippen LogP contribution in [0, 0.1) is 0 Å². The minimum absolute atomic E-state index is 0.268. The van der Waals surface area contributed by atoms with Crippen LogP contribution < -0.4 is 5.73 Å². The fraction of sp³-hybridized carbons (Fsp3) is 1.00. The standard InChI is InChI=1S/C8H19FN2/c1-3-11(4-2)6-5-8(10)7-9/h8H,3-7,10H2,1-2H3. The third-order valence-electron chi connectivity index (χ3n) is 1.91. The van der Waals surface area contributed by atoms with E-state index in [2.05, 4.69) is 18.7 Å². The van der Waals surface area contributed by atoms with Crippen molar-refractivity contribution in [2.45, 2.75) is 26.3 Å². The molecule has 0 spiro atoms. The summed E-state index contributed by atoms with van der Waals surface area (Å²) in [5.74, 6) is 0. The Kier molecular flexibility index (Phi) is 6.46. The van der Waals surface area contributed by atoms with Crippen LogP contribution in [0.1, 0.15) is 20.3 Å². The summed E-state index contributed by atoms with van der Waals surface area (Å²) in [5.41, 5.74) is 5.43. The monoisotopic (exact) mass is 162 g/mol. The first-order valence-electron chi connectivity index (χ1n) is 4.28. The third kappa shape index (κ3) is 5.16. The minimum Gasteiger partial charge on any atom is -0.325 e. The second kappa shape index (κ2) is 6.55. The largest absolute Gasteiger partial charge is 0.325 e. The van der Waals surface area contributed by atoms with Crippen LogP contribution in [0.3, 0.4) is 0 Å². The predicted octanol–water partition coefficient (Wildman–Crippen LogP) is 1.02. The highest BCUT2D eigenvalue weighted by Crippen LogP contribution is 1.94. The zero-order valence-corrected chi connectivity index (χ0v) is 7.52. The molecule has 0 aromatic heterocycles. The molecular weight excluding hydrogens is 143 g/mol. The third-order valence-corrected chi connectivity index (χ3v) is 1.91. The van der Waals surface area contributed by atoms with Gasteiger partial charge in [0.15, 0.2) is 0 Å². The maximum Gasteiger partial charge on any atom is 0.105 e. The van der Waals surface area contributed by atoms with E-state index in [9.17, 15) is 4.39 Å². The summed E-state index contributed by atoms with van der Waals surface area (Å²) in [4.78, 5) is 2.25. The molecule has 0 rings (SSSR count). The van der Waals surface area contributed by atoms with Crippen LogP contribution in [-0.4, -0.2) is 37.3 Å². The van der Waals surface area contributed by atoms with E-state index in [4.69, 9.17) is 5.73 Å². The zero-order chi connectivity index (χ0) is 8.69. The van der Waals surface area contributed by atoms with Crippen molar-refractivity contribution in [2.75, 3.05) is 26.3 Å². The van der Waals surface area contributed by atoms with Crippen LogP contribution in [0.15, 0.2) is 0 Å². The Morgan fingerprint density at radius 1 is 1.36 bits per heavy atom. The Balaban J connectivity index is 3.34. The topological polar surface area (TPSA) is 29.3 Å². The van der Waals surface area contributed by atoms with Gasteiger partial charge in [-0.3, -0.25) is 0 Å². The second-order valence-electron chi connectivity index (χ2n) is 2.73. The van der Waals surface area contributed by atoms with Gasteiger partial charge in [-0.1, -0.05) is 13.8 Å². The molecule has 0 amide bonds. The number of nitrogens with zero attached hydrogens (tertiary/aromatic N) is 1. The number of hydrogen-bond acceptors (Lipinski definition) is 2. The molecule has 1 atom stereocenters. The minimum atomic E-state index is -0.402. The lowest BCUT2D eigenvalue weighted by molar-refractivity contribution is 0.279. The summed E-state index contributed by atoms with van der Waals surface area (Å²) < 4.78 is 11.9. The van der Waals surface area contributed by atoms with Gasteiger partial charge in [-0.05, 0) is 26.1 Å². The molecule has 0 aromatic rings. The number of halogens is 1. The lowest BCUT2D eigenvalue weighted by Crippen LogP contribution is -2.31. The van der Waals surface area contributed by atoms with Gasteiger partial charge in [-0.15, -0.1) is 0 Å². The van der Waals surface area contributed by atoms with E-state index < -0.39 is 6.67 Å². The number of rotatable bonds is 6. The number of nitrogens with two attached hydrogens (primary N) is 1. The van der Waals surface area contributed by atoms with E-state index in [-0.39, 0.29) is 6.04 Å². The molecule has 68 valence electrons. The molecule has 0 aliphatic rings. The second-order valence-corrected chi connectivity index (χ2v) is 2.73. The molecule has 2 N–H and O–H groups in total. The summed E-state index contributed by atoms with van der Waals surface area (Å²) in [6, 6.07) is -0.268.